The van der Waals surface area contributed by atoms with Gasteiger partial charge in [-0.3, -0.25) is 0 Å². The first kappa shape index (κ1) is 14.4. The molecule has 1 atom stereocenters. The fourth-order valence-electron chi connectivity index (χ4n) is 3.03. The molecule has 1 aromatic carbocycles. The number of esters is 1. The summed E-state index contributed by atoms with van der Waals surface area (Å²) in [5, 5.41) is 0. The molecular weight excluding hydrogens is 262 g/mol. The molecule has 104 valence electrons. The van der Waals surface area contributed by atoms with E-state index in [1.54, 1.807) is 0 Å². The Balaban J connectivity index is 0.00000133. The highest BCUT2D eigenvalue weighted by Crippen LogP contribution is 2.29. The number of carbonyl (C=O) groups is 1. The molecular formula is C15H20ClNO2. The maximum atomic E-state index is 12.1. The minimum Gasteiger partial charge on any atom is -0.458 e. The van der Waals surface area contributed by atoms with Gasteiger partial charge in [-0.05, 0) is 50.4 Å². The first-order valence-electron chi connectivity index (χ1n) is 6.81. The Labute approximate surface area is 120 Å². The van der Waals surface area contributed by atoms with E-state index in [-0.39, 0.29) is 24.5 Å². The third-order valence-electron chi connectivity index (χ3n) is 4.16. The molecule has 3 saturated heterocycles. The van der Waals surface area contributed by atoms with Gasteiger partial charge in [-0.2, -0.15) is 0 Å². The summed E-state index contributed by atoms with van der Waals surface area (Å²) in [6, 6.07) is 9.30. The highest BCUT2D eigenvalue weighted by atomic mass is 35.5. The molecule has 3 nitrogen and oxygen atoms in total. The number of carbonyl (C=O) groups excluding carboxylic acids is 1. The van der Waals surface area contributed by atoms with Crippen molar-refractivity contribution >= 4 is 18.4 Å². The zero-order chi connectivity index (χ0) is 12.4. The molecule has 4 rings (SSSR count). The summed E-state index contributed by atoms with van der Waals surface area (Å²) in [7, 11) is 0. The number of fused-ring (bicyclic) bond motifs is 4. The molecule has 3 aliphatic heterocycles. The van der Waals surface area contributed by atoms with Crippen molar-refractivity contribution in [1.82, 2.24) is 4.90 Å². The van der Waals surface area contributed by atoms with Crippen LogP contribution >= 0.6 is 12.4 Å². The van der Waals surface area contributed by atoms with Crippen LogP contribution in [-0.4, -0.2) is 36.6 Å². The molecule has 2 bridgehead atoms. The Kier molecular flexibility index (Phi) is 4.83. The number of benzene rings is 1. The van der Waals surface area contributed by atoms with Crippen molar-refractivity contribution in [3.05, 3.63) is 35.9 Å². The molecule has 0 aromatic heterocycles. The second-order valence-electron chi connectivity index (χ2n) is 5.28. The standard InChI is InChI=1S/C15H19NO2.ClH/c17-15(13-4-2-1-3-5-13)18-14-8-11-16-9-6-12(14)7-10-16;/h1-5,12,14H,6-11H2;1H. The number of rotatable bonds is 2. The lowest BCUT2D eigenvalue weighted by molar-refractivity contribution is 0.0121. The molecule has 0 N–H and O–H groups in total. The largest absolute Gasteiger partial charge is 0.458 e. The van der Waals surface area contributed by atoms with E-state index < -0.39 is 0 Å². The fraction of sp³-hybridized carbons (Fsp3) is 0.533. The molecule has 19 heavy (non-hydrogen) atoms. The van der Waals surface area contributed by atoms with Crippen LogP contribution in [0, 0.1) is 5.92 Å². The van der Waals surface area contributed by atoms with Gasteiger partial charge in [0.1, 0.15) is 6.10 Å². The number of halogens is 1. The van der Waals surface area contributed by atoms with Gasteiger partial charge < -0.3 is 9.64 Å². The van der Waals surface area contributed by atoms with Crippen LogP contribution in [0.3, 0.4) is 0 Å². The molecule has 1 aromatic rings. The summed E-state index contributed by atoms with van der Waals surface area (Å²) in [5.74, 6) is 0.400. The average molecular weight is 282 g/mol. The minimum atomic E-state index is -0.166. The van der Waals surface area contributed by atoms with Crippen LogP contribution in [0.1, 0.15) is 29.6 Å². The van der Waals surface area contributed by atoms with Crippen molar-refractivity contribution < 1.29 is 9.53 Å². The van der Waals surface area contributed by atoms with Crippen LogP contribution in [-0.2, 0) is 4.74 Å². The van der Waals surface area contributed by atoms with Gasteiger partial charge in [-0.25, -0.2) is 4.79 Å². The van der Waals surface area contributed by atoms with Gasteiger partial charge in [0.15, 0.2) is 0 Å². The molecule has 0 aliphatic carbocycles. The Hall–Kier alpha value is -1.06. The van der Waals surface area contributed by atoms with Crippen LogP contribution in [0.15, 0.2) is 30.3 Å². The molecule has 3 heterocycles. The van der Waals surface area contributed by atoms with Gasteiger partial charge in [0.25, 0.3) is 0 Å². The molecule has 3 aliphatic rings. The highest BCUT2D eigenvalue weighted by molar-refractivity contribution is 5.89. The molecule has 0 saturated carbocycles. The Morgan fingerprint density at radius 1 is 1.05 bits per heavy atom. The summed E-state index contributed by atoms with van der Waals surface area (Å²) >= 11 is 0. The predicted molar refractivity (Wildman–Crippen MR) is 76.7 cm³/mol. The Morgan fingerprint density at radius 3 is 2.37 bits per heavy atom. The van der Waals surface area contributed by atoms with Crippen molar-refractivity contribution in [2.45, 2.75) is 25.4 Å². The third kappa shape index (κ3) is 3.28. The summed E-state index contributed by atoms with van der Waals surface area (Å²) in [4.78, 5) is 14.5. The maximum absolute atomic E-state index is 12.1. The van der Waals surface area contributed by atoms with E-state index in [0.717, 1.165) is 13.0 Å². The number of ether oxygens (including phenoxy) is 1. The van der Waals surface area contributed by atoms with Gasteiger partial charge in [-0.15, -0.1) is 12.4 Å². The molecule has 0 radical (unpaired) electrons. The zero-order valence-electron chi connectivity index (χ0n) is 11.0. The Morgan fingerprint density at radius 2 is 1.68 bits per heavy atom. The van der Waals surface area contributed by atoms with E-state index in [2.05, 4.69) is 4.90 Å². The fourth-order valence-corrected chi connectivity index (χ4v) is 3.03. The second-order valence-corrected chi connectivity index (χ2v) is 5.28. The molecule has 1 unspecified atom stereocenters. The van der Waals surface area contributed by atoms with E-state index >= 15 is 0 Å². The lowest BCUT2D eigenvalue weighted by Crippen LogP contribution is -2.32. The SMILES string of the molecule is Cl.O=C(OC1CCN2CCC1CC2)c1ccccc1. The summed E-state index contributed by atoms with van der Waals surface area (Å²) in [6.07, 6.45) is 3.45. The topological polar surface area (TPSA) is 29.5 Å². The lowest BCUT2D eigenvalue weighted by atomic mass is 9.92. The van der Waals surface area contributed by atoms with Crippen LogP contribution in [0.25, 0.3) is 0 Å². The van der Waals surface area contributed by atoms with Crippen molar-refractivity contribution in [2.75, 3.05) is 19.6 Å². The monoisotopic (exact) mass is 281 g/mol. The van der Waals surface area contributed by atoms with Crippen molar-refractivity contribution in [3.8, 4) is 0 Å². The second kappa shape index (κ2) is 6.40. The van der Waals surface area contributed by atoms with Crippen LogP contribution in [0.2, 0.25) is 0 Å². The average Bonchev–Trinajstić information content (AvgIpc) is 2.74. The van der Waals surface area contributed by atoms with Crippen molar-refractivity contribution in [1.29, 1.82) is 0 Å². The summed E-state index contributed by atoms with van der Waals surface area (Å²) < 4.78 is 5.72. The van der Waals surface area contributed by atoms with Crippen molar-refractivity contribution in [3.63, 3.8) is 0 Å². The normalized spacial score (nSPS) is 29.2. The van der Waals surface area contributed by atoms with Gasteiger partial charge >= 0.3 is 5.97 Å². The van der Waals surface area contributed by atoms with Crippen LogP contribution < -0.4 is 0 Å². The predicted octanol–water partition coefficient (Wildman–Crippen LogP) is 2.75. The molecule has 0 amide bonds. The van der Waals surface area contributed by atoms with Crippen molar-refractivity contribution in [2.24, 2.45) is 5.92 Å². The summed E-state index contributed by atoms with van der Waals surface area (Å²) in [6.45, 7) is 3.41. The molecule has 3 fully saturated rings. The van der Waals surface area contributed by atoms with E-state index in [1.807, 2.05) is 30.3 Å². The number of hydrogen-bond donors (Lipinski definition) is 0. The maximum Gasteiger partial charge on any atom is 0.338 e. The summed E-state index contributed by atoms with van der Waals surface area (Å²) in [5.41, 5.74) is 0.664. The van der Waals surface area contributed by atoms with E-state index in [1.165, 1.54) is 25.9 Å². The van der Waals surface area contributed by atoms with Gasteiger partial charge in [-0.1, -0.05) is 18.2 Å². The highest BCUT2D eigenvalue weighted by Gasteiger charge is 2.33. The number of nitrogens with zero attached hydrogens (tertiary/aromatic N) is 1. The number of hydrogen-bond acceptors (Lipinski definition) is 3. The van der Waals surface area contributed by atoms with Gasteiger partial charge in [0, 0.05) is 6.54 Å². The van der Waals surface area contributed by atoms with E-state index in [9.17, 15) is 4.79 Å². The first-order valence-corrected chi connectivity index (χ1v) is 6.81. The molecule has 0 spiro atoms. The third-order valence-corrected chi connectivity index (χ3v) is 4.16. The van der Waals surface area contributed by atoms with Gasteiger partial charge in [0.2, 0.25) is 0 Å². The smallest absolute Gasteiger partial charge is 0.338 e. The Bertz CT molecular complexity index is 415. The van der Waals surface area contributed by atoms with E-state index in [0.29, 0.717) is 11.5 Å². The lowest BCUT2D eigenvalue weighted by Gasteiger charge is -2.28. The zero-order valence-corrected chi connectivity index (χ0v) is 11.8. The molecule has 4 heteroatoms. The number of piperidine rings is 1. The van der Waals surface area contributed by atoms with E-state index in [4.69, 9.17) is 4.74 Å². The van der Waals surface area contributed by atoms with Crippen LogP contribution in [0.5, 0.6) is 0 Å². The van der Waals surface area contributed by atoms with Crippen LogP contribution in [0.4, 0.5) is 0 Å². The first-order chi connectivity index (χ1) is 8.83. The van der Waals surface area contributed by atoms with Gasteiger partial charge in [0.05, 0.1) is 5.56 Å². The minimum absolute atomic E-state index is 0. The quantitative estimate of drug-likeness (QED) is 0.781.